The van der Waals surface area contributed by atoms with Crippen molar-refractivity contribution in [3.8, 4) is 0 Å². The molecule has 4 heteroatoms. The van der Waals surface area contributed by atoms with E-state index >= 15 is 0 Å². The van der Waals surface area contributed by atoms with Gasteiger partial charge in [-0.3, -0.25) is 4.90 Å². The van der Waals surface area contributed by atoms with Crippen LogP contribution < -0.4 is 5.73 Å². The van der Waals surface area contributed by atoms with Gasteiger partial charge >= 0.3 is 0 Å². The first-order chi connectivity index (χ1) is 8.33. The Hall–Kier alpha value is -0.450. The number of aromatic nitrogens is 1. The molecule has 0 spiro atoms. The zero-order chi connectivity index (χ0) is 12.1. The van der Waals surface area contributed by atoms with Gasteiger partial charge in [0.15, 0.2) is 0 Å². The first-order valence-electron chi connectivity index (χ1n) is 6.73. The van der Waals surface area contributed by atoms with Crippen LogP contribution in [0.3, 0.4) is 0 Å². The fraction of sp³-hybridized carbons (Fsp3) is 0.769. The minimum Gasteiger partial charge on any atom is -0.330 e. The molecule has 1 aliphatic rings. The second kappa shape index (κ2) is 6.47. The Morgan fingerprint density at radius 1 is 1.41 bits per heavy atom. The Morgan fingerprint density at radius 3 is 3.06 bits per heavy atom. The lowest BCUT2D eigenvalue weighted by Gasteiger charge is -2.25. The summed E-state index contributed by atoms with van der Waals surface area (Å²) in [4.78, 5) is 8.80. The molecule has 3 nitrogen and oxygen atoms in total. The third kappa shape index (κ3) is 3.50. The number of thiazole rings is 1. The molecular formula is C13H23N3S. The second-order valence-electron chi connectivity index (χ2n) is 4.75. The average molecular weight is 253 g/mol. The van der Waals surface area contributed by atoms with E-state index in [1.54, 1.807) is 0 Å². The van der Waals surface area contributed by atoms with Gasteiger partial charge in [-0.2, -0.15) is 0 Å². The zero-order valence-corrected chi connectivity index (χ0v) is 11.6. The highest BCUT2D eigenvalue weighted by atomic mass is 32.1. The fourth-order valence-electron chi connectivity index (χ4n) is 2.29. The van der Waals surface area contributed by atoms with Gasteiger partial charge in [0.25, 0.3) is 0 Å². The molecule has 1 aliphatic heterocycles. The van der Waals surface area contributed by atoms with Gasteiger partial charge in [0.2, 0.25) is 0 Å². The molecule has 0 atom stereocenters. The molecular weight excluding hydrogens is 230 g/mol. The molecule has 2 heterocycles. The standard InChI is InChI=1S/C13H23N3S/c1-2-5-13-15-11-6-9-16(8-4-3-7-14)10-12(11)17-13/h2-10,14H2,1H3. The lowest BCUT2D eigenvalue weighted by Crippen LogP contribution is -2.31. The third-order valence-electron chi connectivity index (χ3n) is 3.25. The van der Waals surface area contributed by atoms with Crippen molar-refractivity contribution in [2.24, 2.45) is 5.73 Å². The van der Waals surface area contributed by atoms with E-state index < -0.39 is 0 Å². The number of hydrogen-bond acceptors (Lipinski definition) is 4. The van der Waals surface area contributed by atoms with Crippen LogP contribution in [-0.4, -0.2) is 29.5 Å². The van der Waals surface area contributed by atoms with E-state index in [1.807, 2.05) is 11.3 Å². The molecule has 0 fully saturated rings. The molecule has 0 bridgehead atoms. The normalized spacial score (nSPS) is 16.1. The van der Waals surface area contributed by atoms with E-state index in [0.29, 0.717) is 0 Å². The van der Waals surface area contributed by atoms with Crippen LogP contribution in [0.25, 0.3) is 0 Å². The first kappa shape index (κ1) is 13.0. The fourth-order valence-corrected chi connectivity index (χ4v) is 3.55. The number of nitrogens with zero attached hydrogens (tertiary/aromatic N) is 2. The van der Waals surface area contributed by atoms with Crippen molar-refractivity contribution in [3.63, 3.8) is 0 Å². The van der Waals surface area contributed by atoms with E-state index in [-0.39, 0.29) is 0 Å². The quantitative estimate of drug-likeness (QED) is 0.790. The van der Waals surface area contributed by atoms with E-state index in [1.165, 1.54) is 41.5 Å². The van der Waals surface area contributed by atoms with Crippen molar-refractivity contribution in [1.82, 2.24) is 9.88 Å². The van der Waals surface area contributed by atoms with Gasteiger partial charge in [-0.05, 0) is 38.8 Å². The zero-order valence-electron chi connectivity index (χ0n) is 10.7. The van der Waals surface area contributed by atoms with Crippen molar-refractivity contribution >= 4 is 11.3 Å². The summed E-state index contributed by atoms with van der Waals surface area (Å²) in [6.07, 6.45) is 5.86. The van der Waals surface area contributed by atoms with Crippen molar-refractivity contribution < 1.29 is 0 Å². The van der Waals surface area contributed by atoms with Crippen molar-refractivity contribution in [2.75, 3.05) is 19.6 Å². The molecule has 0 amide bonds. The minimum atomic E-state index is 0.820. The van der Waals surface area contributed by atoms with Crippen LogP contribution in [0.1, 0.15) is 41.8 Å². The van der Waals surface area contributed by atoms with Gasteiger partial charge in [-0.15, -0.1) is 11.3 Å². The summed E-state index contributed by atoms with van der Waals surface area (Å²) >= 11 is 1.93. The summed E-state index contributed by atoms with van der Waals surface area (Å²) in [5.74, 6) is 0. The third-order valence-corrected chi connectivity index (χ3v) is 4.39. The van der Waals surface area contributed by atoms with Gasteiger partial charge in [-0.1, -0.05) is 6.92 Å². The second-order valence-corrected chi connectivity index (χ2v) is 5.92. The van der Waals surface area contributed by atoms with Gasteiger partial charge in [0.1, 0.15) is 0 Å². The summed E-state index contributed by atoms with van der Waals surface area (Å²) in [6, 6.07) is 0. The smallest absolute Gasteiger partial charge is 0.0931 e. The Balaban J connectivity index is 1.89. The Morgan fingerprint density at radius 2 is 2.29 bits per heavy atom. The number of rotatable bonds is 6. The number of nitrogens with two attached hydrogens (primary N) is 1. The highest BCUT2D eigenvalue weighted by Gasteiger charge is 2.19. The summed E-state index contributed by atoms with van der Waals surface area (Å²) in [5.41, 5.74) is 6.90. The predicted octanol–water partition coefficient (Wildman–Crippen LogP) is 2.19. The molecule has 0 aromatic carbocycles. The predicted molar refractivity (Wildman–Crippen MR) is 73.4 cm³/mol. The Kier molecular flexibility index (Phi) is 4.95. The maximum Gasteiger partial charge on any atom is 0.0931 e. The molecule has 0 saturated heterocycles. The number of hydrogen-bond donors (Lipinski definition) is 1. The summed E-state index contributed by atoms with van der Waals surface area (Å²) < 4.78 is 0. The first-order valence-corrected chi connectivity index (χ1v) is 7.55. The summed E-state index contributed by atoms with van der Waals surface area (Å²) in [5, 5.41) is 1.33. The van der Waals surface area contributed by atoms with Crippen LogP contribution in [0.15, 0.2) is 0 Å². The van der Waals surface area contributed by atoms with Gasteiger partial charge < -0.3 is 5.73 Å². The van der Waals surface area contributed by atoms with E-state index in [0.717, 1.165) is 32.4 Å². The molecule has 17 heavy (non-hydrogen) atoms. The molecule has 0 radical (unpaired) electrons. The molecule has 1 aromatic heterocycles. The average Bonchev–Trinajstić information content (AvgIpc) is 2.71. The molecule has 1 aromatic rings. The van der Waals surface area contributed by atoms with Crippen LogP contribution in [0, 0.1) is 0 Å². The highest BCUT2D eigenvalue weighted by Crippen LogP contribution is 2.25. The van der Waals surface area contributed by atoms with Crippen molar-refractivity contribution in [3.05, 3.63) is 15.6 Å². The maximum atomic E-state index is 5.53. The highest BCUT2D eigenvalue weighted by molar-refractivity contribution is 7.11. The Bertz CT molecular complexity index is 348. The van der Waals surface area contributed by atoms with Crippen molar-refractivity contribution in [2.45, 2.75) is 45.6 Å². The number of aryl methyl sites for hydroxylation is 1. The number of fused-ring (bicyclic) bond motifs is 1. The minimum absolute atomic E-state index is 0.820. The molecule has 0 unspecified atom stereocenters. The van der Waals surface area contributed by atoms with Crippen LogP contribution in [-0.2, 0) is 19.4 Å². The molecule has 0 saturated carbocycles. The van der Waals surface area contributed by atoms with E-state index in [2.05, 4.69) is 11.8 Å². The number of unbranched alkanes of at least 4 members (excludes halogenated alkanes) is 1. The van der Waals surface area contributed by atoms with Crippen LogP contribution in [0.2, 0.25) is 0 Å². The lowest BCUT2D eigenvalue weighted by molar-refractivity contribution is 0.251. The van der Waals surface area contributed by atoms with Gasteiger partial charge in [-0.25, -0.2) is 4.98 Å². The maximum absolute atomic E-state index is 5.53. The molecule has 96 valence electrons. The molecule has 2 rings (SSSR count). The van der Waals surface area contributed by atoms with Crippen LogP contribution in [0.5, 0.6) is 0 Å². The Labute approximate surface area is 108 Å². The van der Waals surface area contributed by atoms with Crippen LogP contribution >= 0.6 is 11.3 Å². The van der Waals surface area contributed by atoms with Gasteiger partial charge in [0.05, 0.1) is 10.7 Å². The van der Waals surface area contributed by atoms with Crippen LogP contribution in [0.4, 0.5) is 0 Å². The molecule has 2 N–H and O–H groups in total. The van der Waals surface area contributed by atoms with E-state index in [9.17, 15) is 0 Å². The monoisotopic (exact) mass is 253 g/mol. The van der Waals surface area contributed by atoms with E-state index in [4.69, 9.17) is 10.7 Å². The lowest BCUT2D eigenvalue weighted by atomic mass is 10.1. The van der Waals surface area contributed by atoms with Crippen molar-refractivity contribution in [1.29, 1.82) is 0 Å². The topological polar surface area (TPSA) is 42.2 Å². The summed E-state index contributed by atoms with van der Waals surface area (Å²) in [6.45, 7) is 6.52. The molecule has 0 aliphatic carbocycles. The summed E-state index contributed by atoms with van der Waals surface area (Å²) in [7, 11) is 0. The SMILES string of the molecule is CCCc1nc2c(s1)CN(CCCCN)CC2. The largest absolute Gasteiger partial charge is 0.330 e. The van der Waals surface area contributed by atoms with Gasteiger partial charge in [0, 0.05) is 24.4 Å².